The summed E-state index contributed by atoms with van der Waals surface area (Å²) in [4.78, 5) is 10.0. The van der Waals surface area contributed by atoms with Gasteiger partial charge >= 0.3 is 0 Å². The van der Waals surface area contributed by atoms with Gasteiger partial charge in [0.1, 0.15) is 0 Å². The fourth-order valence-corrected chi connectivity index (χ4v) is 3.82. The van der Waals surface area contributed by atoms with Crippen LogP contribution in [-0.4, -0.2) is 74.8 Å². The van der Waals surface area contributed by atoms with Crippen molar-refractivity contribution >= 4 is 5.96 Å². The second-order valence-electron chi connectivity index (χ2n) is 7.13. The van der Waals surface area contributed by atoms with Crippen LogP contribution in [-0.2, 0) is 4.74 Å². The van der Waals surface area contributed by atoms with Gasteiger partial charge in [0.25, 0.3) is 0 Å². The van der Waals surface area contributed by atoms with Crippen LogP contribution < -0.4 is 5.32 Å². The first-order valence-electron chi connectivity index (χ1n) is 9.06. The molecule has 0 bridgehead atoms. The molecule has 1 N–H and O–H groups in total. The second kappa shape index (κ2) is 7.64. The van der Waals surface area contributed by atoms with Crippen molar-refractivity contribution in [3.63, 3.8) is 0 Å². The summed E-state index contributed by atoms with van der Waals surface area (Å²) in [5.41, 5.74) is 0. The van der Waals surface area contributed by atoms with Gasteiger partial charge in [-0.1, -0.05) is 0 Å². The lowest BCUT2D eigenvalue weighted by atomic mass is 10.1. The van der Waals surface area contributed by atoms with Gasteiger partial charge in [-0.2, -0.15) is 0 Å². The Morgan fingerprint density at radius 1 is 1.14 bits per heavy atom. The highest BCUT2D eigenvalue weighted by Gasteiger charge is 2.34. The molecule has 0 radical (unpaired) electrons. The molecule has 126 valence electrons. The maximum atomic E-state index is 5.30. The number of nitrogens with zero attached hydrogens (tertiary/aromatic N) is 3. The molecule has 22 heavy (non-hydrogen) atoms. The molecule has 0 aromatic rings. The Bertz CT molecular complexity index is 383. The third-order valence-corrected chi connectivity index (χ3v) is 5.20. The average molecular weight is 308 g/mol. The normalized spacial score (nSPS) is 30.3. The molecule has 0 aromatic heterocycles. The van der Waals surface area contributed by atoms with E-state index in [-0.39, 0.29) is 0 Å². The Morgan fingerprint density at radius 3 is 2.68 bits per heavy atom. The largest absolute Gasteiger partial charge is 0.384 e. The lowest BCUT2D eigenvalue weighted by Crippen LogP contribution is -2.40. The van der Waals surface area contributed by atoms with Crippen molar-refractivity contribution in [1.29, 1.82) is 0 Å². The zero-order valence-corrected chi connectivity index (χ0v) is 14.3. The molecule has 2 aliphatic heterocycles. The predicted molar refractivity (Wildman–Crippen MR) is 90.2 cm³/mol. The van der Waals surface area contributed by atoms with E-state index >= 15 is 0 Å². The maximum absolute atomic E-state index is 5.30. The van der Waals surface area contributed by atoms with Gasteiger partial charge in [-0.25, -0.2) is 0 Å². The van der Waals surface area contributed by atoms with E-state index in [9.17, 15) is 0 Å². The third kappa shape index (κ3) is 4.13. The molecule has 3 rings (SSSR count). The molecule has 2 unspecified atom stereocenters. The van der Waals surface area contributed by atoms with E-state index in [4.69, 9.17) is 9.73 Å². The quantitative estimate of drug-likeness (QED) is 0.595. The first-order valence-corrected chi connectivity index (χ1v) is 9.06. The van der Waals surface area contributed by atoms with E-state index < -0.39 is 0 Å². The van der Waals surface area contributed by atoms with Crippen molar-refractivity contribution in [2.45, 2.75) is 38.6 Å². The Hall–Kier alpha value is -0.810. The number of methoxy groups -OCH3 is 1. The van der Waals surface area contributed by atoms with Crippen LogP contribution in [0, 0.1) is 11.8 Å². The predicted octanol–water partition coefficient (Wildman–Crippen LogP) is 1.40. The van der Waals surface area contributed by atoms with Crippen molar-refractivity contribution in [2.24, 2.45) is 16.8 Å². The first-order chi connectivity index (χ1) is 10.8. The Balaban J connectivity index is 1.49. The first kappa shape index (κ1) is 16.1. The molecule has 1 saturated carbocycles. The van der Waals surface area contributed by atoms with Crippen LogP contribution in [0.4, 0.5) is 0 Å². The van der Waals surface area contributed by atoms with Gasteiger partial charge in [0, 0.05) is 51.8 Å². The van der Waals surface area contributed by atoms with Gasteiger partial charge in [-0.3, -0.25) is 4.99 Å². The highest BCUT2D eigenvalue weighted by molar-refractivity contribution is 5.80. The van der Waals surface area contributed by atoms with Crippen molar-refractivity contribution in [3.05, 3.63) is 0 Å². The third-order valence-electron chi connectivity index (χ3n) is 5.20. The molecule has 2 saturated heterocycles. The van der Waals surface area contributed by atoms with Gasteiger partial charge in [0.05, 0.1) is 6.61 Å². The summed E-state index contributed by atoms with van der Waals surface area (Å²) < 4.78 is 5.30. The molecule has 3 fully saturated rings. The van der Waals surface area contributed by atoms with Gasteiger partial charge in [-0.05, 0) is 45.1 Å². The smallest absolute Gasteiger partial charge is 0.193 e. The van der Waals surface area contributed by atoms with Crippen molar-refractivity contribution in [3.8, 4) is 0 Å². The summed E-state index contributed by atoms with van der Waals surface area (Å²) >= 11 is 0. The van der Waals surface area contributed by atoms with Gasteiger partial charge in [0.2, 0.25) is 0 Å². The number of hydrogen-bond acceptors (Lipinski definition) is 3. The molecule has 2 heterocycles. The van der Waals surface area contributed by atoms with E-state index in [1.54, 1.807) is 7.11 Å². The van der Waals surface area contributed by atoms with Gasteiger partial charge < -0.3 is 19.9 Å². The van der Waals surface area contributed by atoms with Crippen LogP contribution in [0.15, 0.2) is 4.99 Å². The number of guanidine groups is 1. The molecule has 5 nitrogen and oxygen atoms in total. The minimum absolute atomic E-state index is 0.658. The van der Waals surface area contributed by atoms with Crippen LogP contribution in [0.3, 0.4) is 0 Å². The lowest BCUT2D eigenvalue weighted by Gasteiger charge is -2.22. The number of aliphatic imine (C=N–C) groups is 1. The number of hydrogen-bond donors (Lipinski definition) is 1. The molecule has 1 aliphatic carbocycles. The Morgan fingerprint density at radius 2 is 1.95 bits per heavy atom. The number of ether oxygens (including phenoxy) is 1. The van der Waals surface area contributed by atoms with Crippen molar-refractivity contribution < 1.29 is 4.74 Å². The summed E-state index contributed by atoms with van der Waals surface area (Å²) in [6, 6.07) is 0.913. The van der Waals surface area contributed by atoms with Crippen LogP contribution in [0.1, 0.15) is 32.6 Å². The van der Waals surface area contributed by atoms with Crippen LogP contribution in [0.5, 0.6) is 0 Å². The average Bonchev–Trinajstić information content (AvgIpc) is 3.08. The topological polar surface area (TPSA) is 40.1 Å². The van der Waals surface area contributed by atoms with E-state index in [2.05, 4.69) is 22.0 Å². The molecular weight excluding hydrogens is 276 g/mol. The van der Waals surface area contributed by atoms with E-state index in [1.165, 1.54) is 38.8 Å². The molecule has 0 aromatic carbocycles. The standard InChI is InChI=1S/C17H32N4O/c1-3-18-17(21-9-7-15(12-21)13-22-2)19-10-14-6-8-20(11-14)16-4-5-16/h14-16H,3-13H2,1-2H3,(H,18,19). The number of rotatable bonds is 6. The number of nitrogens with one attached hydrogen (secondary N) is 1. The van der Waals surface area contributed by atoms with Gasteiger partial charge in [-0.15, -0.1) is 0 Å². The fraction of sp³-hybridized carbons (Fsp3) is 0.941. The Labute approximate surface area is 135 Å². The van der Waals surface area contributed by atoms with Crippen LogP contribution in [0.2, 0.25) is 0 Å². The van der Waals surface area contributed by atoms with Crippen LogP contribution >= 0.6 is 0 Å². The molecule has 3 aliphatic rings. The minimum atomic E-state index is 0.658. The summed E-state index contributed by atoms with van der Waals surface area (Å²) in [6.07, 6.45) is 5.39. The monoisotopic (exact) mass is 308 g/mol. The Kier molecular flexibility index (Phi) is 5.58. The molecule has 0 amide bonds. The van der Waals surface area contributed by atoms with E-state index in [0.29, 0.717) is 5.92 Å². The van der Waals surface area contributed by atoms with Crippen molar-refractivity contribution in [1.82, 2.24) is 15.1 Å². The lowest BCUT2D eigenvalue weighted by molar-refractivity contribution is 0.157. The van der Waals surface area contributed by atoms with Gasteiger partial charge in [0.15, 0.2) is 5.96 Å². The SMILES string of the molecule is CCNC(=NCC1CCN(C2CC2)C1)N1CCC(COC)C1. The fourth-order valence-electron chi connectivity index (χ4n) is 3.82. The minimum Gasteiger partial charge on any atom is -0.384 e. The molecule has 5 heteroatoms. The highest BCUT2D eigenvalue weighted by Crippen LogP contribution is 2.31. The van der Waals surface area contributed by atoms with E-state index in [1.807, 2.05) is 0 Å². The zero-order chi connectivity index (χ0) is 15.4. The molecule has 2 atom stereocenters. The highest BCUT2D eigenvalue weighted by atomic mass is 16.5. The molecular formula is C17H32N4O. The van der Waals surface area contributed by atoms with E-state index in [0.717, 1.165) is 50.7 Å². The number of likely N-dealkylation sites (tertiary alicyclic amines) is 2. The maximum Gasteiger partial charge on any atom is 0.193 e. The summed E-state index contributed by atoms with van der Waals surface area (Å²) in [5.74, 6) is 2.53. The van der Waals surface area contributed by atoms with Crippen molar-refractivity contribution in [2.75, 3.05) is 53.0 Å². The van der Waals surface area contributed by atoms with Crippen LogP contribution in [0.25, 0.3) is 0 Å². The molecule has 0 spiro atoms. The second-order valence-corrected chi connectivity index (χ2v) is 7.13. The summed E-state index contributed by atoms with van der Waals surface area (Å²) in [7, 11) is 1.80. The summed E-state index contributed by atoms with van der Waals surface area (Å²) in [6.45, 7) is 9.70. The zero-order valence-electron chi connectivity index (χ0n) is 14.3. The summed E-state index contributed by atoms with van der Waals surface area (Å²) in [5, 5.41) is 3.48.